The number of rotatable bonds is 7. The lowest BCUT2D eigenvalue weighted by molar-refractivity contribution is -0.143. The lowest BCUT2D eigenvalue weighted by atomic mass is 9.84. The van der Waals surface area contributed by atoms with Crippen LogP contribution in [0.1, 0.15) is 52.4 Å². The van der Waals surface area contributed by atoms with Crippen molar-refractivity contribution < 1.29 is 14.3 Å². The Hall–Kier alpha value is -1.12. The minimum absolute atomic E-state index is 0.0214. The minimum atomic E-state index is -0.164. The van der Waals surface area contributed by atoms with E-state index in [4.69, 9.17) is 4.74 Å². The molecule has 0 heterocycles. The molecular weight excluding hydrogens is 228 g/mol. The van der Waals surface area contributed by atoms with Gasteiger partial charge in [0, 0.05) is 12.3 Å². The molecule has 0 amide bonds. The Balaban J connectivity index is 2.33. The number of hydrogen-bond donors (Lipinski definition) is 0. The predicted octanol–water partition coefficient (Wildman–Crippen LogP) is 3.28. The molecule has 1 aliphatic rings. The van der Waals surface area contributed by atoms with Crippen LogP contribution in [0.3, 0.4) is 0 Å². The Morgan fingerprint density at radius 1 is 1.61 bits per heavy atom. The summed E-state index contributed by atoms with van der Waals surface area (Å²) in [6.45, 7) is 4.41. The molecule has 18 heavy (non-hydrogen) atoms. The topological polar surface area (TPSA) is 43.4 Å². The maximum Gasteiger partial charge on any atom is 0.305 e. The molecule has 0 saturated heterocycles. The van der Waals surface area contributed by atoms with Crippen LogP contribution in [0.15, 0.2) is 11.6 Å². The van der Waals surface area contributed by atoms with Gasteiger partial charge in [-0.15, -0.1) is 0 Å². The van der Waals surface area contributed by atoms with Crippen LogP contribution in [-0.4, -0.2) is 18.9 Å². The molecule has 2 unspecified atom stereocenters. The van der Waals surface area contributed by atoms with Crippen molar-refractivity contribution in [1.82, 2.24) is 0 Å². The largest absolute Gasteiger partial charge is 0.466 e. The van der Waals surface area contributed by atoms with Crippen molar-refractivity contribution >= 4 is 12.3 Å². The molecule has 0 radical (unpaired) electrons. The highest BCUT2D eigenvalue weighted by molar-refractivity contribution is 5.68. The second-order valence-electron chi connectivity index (χ2n) is 5.07. The van der Waals surface area contributed by atoms with Crippen molar-refractivity contribution in [3.8, 4) is 0 Å². The summed E-state index contributed by atoms with van der Waals surface area (Å²) in [5.74, 6) is 0.449. The summed E-state index contributed by atoms with van der Waals surface area (Å²) in [5.41, 5.74) is 1.28. The summed E-state index contributed by atoms with van der Waals surface area (Å²) < 4.78 is 5.02. The van der Waals surface area contributed by atoms with Crippen LogP contribution in [-0.2, 0) is 14.3 Å². The first kappa shape index (κ1) is 14.9. The fourth-order valence-corrected chi connectivity index (χ4v) is 2.40. The average Bonchev–Trinajstić information content (AvgIpc) is 2.38. The standard InChI is InChI=1S/C15H24O3/c1-3-15(17)18-9-5-8-14(11-16)13-7-4-6-12(2)10-13/h10-12,14H,3-9H2,1-2H3. The quantitative estimate of drug-likeness (QED) is 0.302. The highest BCUT2D eigenvalue weighted by atomic mass is 16.5. The predicted molar refractivity (Wildman–Crippen MR) is 71.1 cm³/mol. The lowest BCUT2D eigenvalue weighted by Gasteiger charge is -2.22. The van der Waals surface area contributed by atoms with Crippen molar-refractivity contribution in [2.24, 2.45) is 11.8 Å². The molecule has 1 rings (SSSR count). The molecular formula is C15H24O3. The Morgan fingerprint density at radius 3 is 3.00 bits per heavy atom. The molecule has 3 heteroatoms. The van der Waals surface area contributed by atoms with Crippen molar-refractivity contribution in [1.29, 1.82) is 0 Å². The molecule has 2 atom stereocenters. The van der Waals surface area contributed by atoms with Gasteiger partial charge in [-0.3, -0.25) is 4.79 Å². The molecule has 0 fully saturated rings. The summed E-state index contributed by atoms with van der Waals surface area (Å²) in [6, 6.07) is 0. The van der Waals surface area contributed by atoms with E-state index in [2.05, 4.69) is 13.0 Å². The van der Waals surface area contributed by atoms with Gasteiger partial charge >= 0.3 is 5.97 Å². The molecule has 0 bridgehead atoms. The maximum absolute atomic E-state index is 11.1. The molecule has 3 nitrogen and oxygen atoms in total. The zero-order valence-corrected chi connectivity index (χ0v) is 11.5. The third kappa shape index (κ3) is 5.03. The molecule has 0 aliphatic heterocycles. The van der Waals surface area contributed by atoms with Gasteiger partial charge in [0.05, 0.1) is 6.61 Å². The van der Waals surface area contributed by atoms with E-state index >= 15 is 0 Å². The molecule has 0 saturated carbocycles. The normalized spacial score (nSPS) is 21.0. The number of allylic oxidation sites excluding steroid dienone is 2. The van der Waals surface area contributed by atoms with Crippen LogP contribution in [0.5, 0.6) is 0 Å². The van der Waals surface area contributed by atoms with Crippen LogP contribution in [0, 0.1) is 11.8 Å². The minimum Gasteiger partial charge on any atom is -0.466 e. The van der Waals surface area contributed by atoms with Crippen LogP contribution in [0.4, 0.5) is 0 Å². The van der Waals surface area contributed by atoms with Gasteiger partial charge in [-0.25, -0.2) is 0 Å². The Kier molecular flexibility index (Phi) is 6.69. The molecule has 102 valence electrons. The van der Waals surface area contributed by atoms with E-state index in [0.717, 1.165) is 25.5 Å². The smallest absolute Gasteiger partial charge is 0.305 e. The lowest BCUT2D eigenvalue weighted by Crippen LogP contribution is -2.13. The highest BCUT2D eigenvalue weighted by Gasteiger charge is 2.17. The van der Waals surface area contributed by atoms with E-state index in [9.17, 15) is 9.59 Å². The number of carbonyl (C=O) groups excluding carboxylic acids is 2. The van der Waals surface area contributed by atoms with E-state index in [1.807, 2.05) is 0 Å². The SMILES string of the molecule is CCC(=O)OCCCC(C=O)C1=CC(C)CCC1. The number of hydrogen-bond acceptors (Lipinski definition) is 3. The van der Waals surface area contributed by atoms with Crippen LogP contribution in [0.25, 0.3) is 0 Å². The summed E-state index contributed by atoms with van der Waals surface area (Å²) in [4.78, 5) is 22.1. The zero-order chi connectivity index (χ0) is 13.4. The molecule has 1 aliphatic carbocycles. The number of ether oxygens (including phenoxy) is 1. The molecule has 0 spiro atoms. The summed E-state index contributed by atoms with van der Waals surface area (Å²) in [5, 5.41) is 0. The first-order valence-corrected chi connectivity index (χ1v) is 6.98. The van der Waals surface area contributed by atoms with Crippen molar-refractivity contribution in [2.75, 3.05) is 6.61 Å². The summed E-state index contributed by atoms with van der Waals surface area (Å²) in [6.07, 6.45) is 8.72. The Labute approximate surface area is 110 Å². The van der Waals surface area contributed by atoms with Crippen LogP contribution >= 0.6 is 0 Å². The number of aldehydes is 1. The monoisotopic (exact) mass is 252 g/mol. The van der Waals surface area contributed by atoms with Gasteiger partial charge in [0.1, 0.15) is 6.29 Å². The zero-order valence-electron chi connectivity index (χ0n) is 11.5. The van der Waals surface area contributed by atoms with Gasteiger partial charge < -0.3 is 9.53 Å². The highest BCUT2D eigenvalue weighted by Crippen LogP contribution is 2.28. The van der Waals surface area contributed by atoms with Gasteiger partial charge in [-0.1, -0.05) is 25.5 Å². The van der Waals surface area contributed by atoms with E-state index < -0.39 is 0 Å². The van der Waals surface area contributed by atoms with E-state index in [1.54, 1.807) is 6.92 Å². The molecule has 0 aromatic carbocycles. The van der Waals surface area contributed by atoms with Gasteiger partial charge in [-0.05, 0) is 38.0 Å². The van der Waals surface area contributed by atoms with Gasteiger partial charge in [0.15, 0.2) is 0 Å². The maximum atomic E-state index is 11.1. The van der Waals surface area contributed by atoms with Crippen LogP contribution in [0.2, 0.25) is 0 Å². The molecule has 0 N–H and O–H groups in total. The fraction of sp³-hybridized carbons (Fsp3) is 0.733. The molecule has 0 aromatic rings. The third-order valence-electron chi connectivity index (χ3n) is 3.48. The van der Waals surface area contributed by atoms with E-state index in [1.165, 1.54) is 18.4 Å². The Morgan fingerprint density at radius 2 is 2.39 bits per heavy atom. The van der Waals surface area contributed by atoms with Gasteiger partial charge in [-0.2, -0.15) is 0 Å². The number of carbonyl (C=O) groups is 2. The number of esters is 1. The molecule has 0 aromatic heterocycles. The van der Waals surface area contributed by atoms with Gasteiger partial charge in [0.2, 0.25) is 0 Å². The van der Waals surface area contributed by atoms with Gasteiger partial charge in [0.25, 0.3) is 0 Å². The Bertz CT molecular complexity index is 307. The summed E-state index contributed by atoms with van der Waals surface area (Å²) in [7, 11) is 0. The second kappa shape index (κ2) is 8.06. The van der Waals surface area contributed by atoms with Crippen LogP contribution < -0.4 is 0 Å². The van der Waals surface area contributed by atoms with E-state index in [-0.39, 0.29) is 11.9 Å². The van der Waals surface area contributed by atoms with Crippen molar-refractivity contribution in [2.45, 2.75) is 52.4 Å². The fourth-order valence-electron chi connectivity index (χ4n) is 2.40. The average molecular weight is 252 g/mol. The third-order valence-corrected chi connectivity index (χ3v) is 3.48. The first-order valence-electron chi connectivity index (χ1n) is 6.98. The summed E-state index contributed by atoms with van der Waals surface area (Å²) >= 11 is 0. The van der Waals surface area contributed by atoms with Crippen molar-refractivity contribution in [3.63, 3.8) is 0 Å². The van der Waals surface area contributed by atoms with Crippen molar-refractivity contribution in [3.05, 3.63) is 11.6 Å². The second-order valence-corrected chi connectivity index (χ2v) is 5.07. The van der Waals surface area contributed by atoms with E-state index in [0.29, 0.717) is 18.9 Å². The first-order chi connectivity index (χ1) is 8.67.